The summed E-state index contributed by atoms with van der Waals surface area (Å²) in [7, 11) is 0. The molecule has 0 aromatic heterocycles. The summed E-state index contributed by atoms with van der Waals surface area (Å²) < 4.78 is 5.75. The molecule has 0 unspecified atom stereocenters. The monoisotopic (exact) mass is 365 g/mol. The fourth-order valence-corrected chi connectivity index (χ4v) is 2.76. The molecule has 3 aromatic rings. The highest BCUT2D eigenvalue weighted by atomic mass is 35.5. The third-order valence-electron chi connectivity index (χ3n) is 4.03. The molecule has 1 amide bonds. The molecule has 26 heavy (non-hydrogen) atoms. The Balaban J connectivity index is 1.68. The summed E-state index contributed by atoms with van der Waals surface area (Å²) in [4.78, 5) is 12.3. The molecule has 3 nitrogen and oxygen atoms in total. The molecule has 1 atom stereocenters. The molecule has 0 heterocycles. The molecule has 3 rings (SSSR count). The van der Waals surface area contributed by atoms with Gasteiger partial charge >= 0.3 is 0 Å². The van der Waals surface area contributed by atoms with Crippen molar-refractivity contribution in [1.82, 2.24) is 0 Å². The highest BCUT2D eigenvalue weighted by molar-refractivity contribution is 6.32. The van der Waals surface area contributed by atoms with E-state index in [2.05, 4.69) is 5.32 Å². The van der Waals surface area contributed by atoms with Gasteiger partial charge in [-0.1, -0.05) is 65.7 Å². The summed E-state index contributed by atoms with van der Waals surface area (Å²) in [6.45, 7) is 3.70. The molecule has 0 radical (unpaired) electrons. The minimum absolute atomic E-state index is 0.225. The largest absolute Gasteiger partial charge is 0.479 e. The Kier molecular flexibility index (Phi) is 5.59. The van der Waals surface area contributed by atoms with Crippen LogP contribution >= 0.6 is 11.6 Å². The van der Waals surface area contributed by atoms with Crippen molar-refractivity contribution in [1.29, 1.82) is 0 Å². The molecule has 0 aliphatic rings. The van der Waals surface area contributed by atoms with Gasteiger partial charge in [0, 0.05) is 5.69 Å². The molecule has 3 aromatic carbocycles. The van der Waals surface area contributed by atoms with E-state index in [1.54, 1.807) is 13.0 Å². The molecular formula is C22H20ClNO2. The van der Waals surface area contributed by atoms with E-state index in [9.17, 15) is 4.79 Å². The van der Waals surface area contributed by atoms with E-state index >= 15 is 0 Å². The third kappa shape index (κ3) is 4.44. The van der Waals surface area contributed by atoms with Crippen LogP contribution in [0.3, 0.4) is 0 Å². The number of hydrogen-bond acceptors (Lipinski definition) is 2. The molecule has 1 N–H and O–H groups in total. The Morgan fingerprint density at radius 2 is 1.65 bits per heavy atom. The summed E-state index contributed by atoms with van der Waals surface area (Å²) in [5.41, 5.74) is 3.95. The molecule has 0 saturated carbocycles. The highest BCUT2D eigenvalue weighted by Crippen LogP contribution is 2.31. The number of ether oxygens (including phenoxy) is 1. The van der Waals surface area contributed by atoms with Crippen LogP contribution < -0.4 is 10.1 Å². The van der Waals surface area contributed by atoms with Crippen molar-refractivity contribution in [2.75, 3.05) is 5.32 Å². The smallest absolute Gasteiger partial charge is 0.265 e. The standard InChI is InChI=1S/C22H20ClNO2/c1-15-8-11-19(12-9-15)24-22(25)16(2)26-21-13-10-18(14-20(21)23)17-6-4-3-5-7-17/h3-14,16H,1-2H3,(H,24,25)/t16-/m0/s1. The second-order valence-electron chi connectivity index (χ2n) is 6.13. The maximum atomic E-state index is 12.3. The summed E-state index contributed by atoms with van der Waals surface area (Å²) in [6, 6.07) is 23.1. The Bertz CT molecular complexity index is 892. The lowest BCUT2D eigenvalue weighted by Gasteiger charge is -2.16. The number of aryl methyl sites for hydroxylation is 1. The molecule has 0 bridgehead atoms. The maximum Gasteiger partial charge on any atom is 0.265 e. The zero-order valence-electron chi connectivity index (χ0n) is 14.7. The number of anilines is 1. The van der Waals surface area contributed by atoms with E-state index in [4.69, 9.17) is 16.3 Å². The van der Waals surface area contributed by atoms with Gasteiger partial charge in [0.2, 0.25) is 0 Å². The zero-order chi connectivity index (χ0) is 18.5. The Hall–Kier alpha value is -2.78. The summed E-state index contributed by atoms with van der Waals surface area (Å²) in [5, 5.41) is 3.31. The molecule has 0 spiro atoms. The van der Waals surface area contributed by atoms with Crippen molar-refractivity contribution in [3.8, 4) is 16.9 Å². The van der Waals surface area contributed by atoms with E-state index in [1.165, 1.54) is 0 Å². The topological polar surface area (TPSA) is 38.3 Å². The normalized spacial score (nSPS) is 11.7. The van der Waals surface area contributed by atoms with Crippen molar-refractivity contribution < 1.29 is 9.53 Å². The van der Waals surface area contributed by atoms with Crippen LogP contribution in [0.4, 0.5) is 5.69 Å². The molecule has 4 heteroatoms. The van der Waals surface area contributed by atoms with Gasteiger partial charge in [-0.05, 0) is 49.2 Å². The van der Waals surface area contributed by atoms with Crippen LogP contribution in [0.25, 0.3) is 11.1 Å². The second-order valence-corrected chi connectivity index (χ2v) is 6.53. The van der Waals surface area contributed by atoms with Crippen molar-refractivity contribution in [3.63, 3.8) is 0 Å². The third-order valence-corrected chi connectivity index (χ3v) is 4.33. The van der Waals surface area contributed by atoms with Crippen LogP contribution in [0.2, 0.25) is 5.02 Å². The number of nitrogens with one attached hydrogen (secondary N) is 1. The minimum atomic E-state index is -0.670. The Labute approximate surface area is 158 Å². The molecule has 0 aliphatic heterocycles. The number of carbonyl (C=O) groups excluding carboxylic acids is 1. The van der Waals surface area contributed by atoms with Gasteiger partial charge in [-0.15, -0.1) is 0 Å². The van der Waals surface area contributed by atoms with Gasteiger partial charge in [0.15, 0.2) is 6.10 Å². The highest BCUT2D eigenvalue weighted by Gasteiger charge is 2.16. The van der Waals surface area contributed by atoms with Crippen LogP contribution in [0.5, 0.6) is 5.75 Å². The predicted octanol–water partition coefficient (Wildman–Crippen LogP) is 5.72. The summed E-state index contributed by atoms with van der Waals surface area (Å²) in [5.74, 6) is 0.259. The number of halogens is 1. The maximum absolute atomic E-state index is 12.3. The van der Waals surface area contributed by atoms with Gasteiger partial charge in [0.05, 0.1) is 5.02 Å². The van der Waals surface area contributed by atoms with E-state index < -0.39 is 6.10 Å². The van der Waals surface area contributed by atoms with E-state index in [0.29, 0.717) is 10.8 Å². The first-order valence-electron chi connectivity index (χ1n) is 8.42. The predicted molar refractivity (Wildman–Crippen MR) is 107 cm³/mol. The fourth-order valence-electron chi connectivity index (χ4n) is 2.53. The van der Waals surface area contributed by atoms with Crippen molar-refractivity contribution in [2.24, 2.45) is 0 Å². The molecule has 0 saturated heterocycles. The number of benzene rings is 3. The summed E-state index contributed by atoms with van der Waals surface area (Å²) >= 11 is 6.35. The SMILES string of the molecule is Cc1ccc(NC(=O)[C@H](C)Oc2ccc(-c3ccccc3)cc2Cl)cc1. The molecule has 0 aliphatic carbocycles. The van der Waals surface area contributed by atoms with Gasteiger partial charge in [-0.25, -0.2) is 0 Å². The fraction of sp³-hybridized carbons (Fsp3) is 0.136. The van der Waals surface area contributed by atoms with Gasteiger partial charge in [-0.3, -0.25) is 4.79 Å². The Morgan fingerprint density at radius 1 is 0.962 bits per heavy atom. The van der Waals surface area contributed by atoms with Crippen LogP contribution in [-0.2, 0) is 4.79 Å². The summed E-state index contributed by atoms with van der Waals surface area (Å²) in [6.07, 6.45) is -0.670. The van der Waals surface area contributed by atoms with E-state index in [-0.39, 0.29) is 5.91 Å². The first kappa shape index (κ1) is 18.0. The first-order valence-corrected chi connectivity index (χ1v) is 8.80. The number of hydrogen-bond donors (Lipinski definition) is 1. The molecular weight excluding hydrogens is 346 g/mol. The molecule has 132 valence electrons. The van der Waals surface area contributed by atoms with Gasteiger partial charge in [-0.2, -0.15) is 0 Å². The van der Waals surface area contributed by atoms with Crippen molar-refractivity contribution >= 4 is 23.2 Å². The van der Waals surface area contributed by atoms with Crippen LogP contribution in [0, 0.1) is 6.92 Å². The van der Waals surface area contributed by atoms with E-state index in [1.807, 2.05) is 73.7 Å². The lowest BCUT2D eigenvalue weighted by Crippen LogP contribution is -2.30. The lowest BCUT2D eigenvalue weighted by atomic mass is 10.1. The van der Waals surface area contributed by atoms with Gasteiger partial charge < -0.3 is 10.1 Å². The minimum Gasteiger partial charge on any atom is -0.479 e. The zero-order valence-corrected chi connectivity index (χ0v) is 15.5. The quantitative estimate of drug-likeness (QED) is 0.627. The molecule has 0 fully saturated rings. The van der Waals surface area contributed by atoms with Crippen LogP contribution in [0.15, 0.2) is 72.8 Å². The van der Waals surface area contributed by atoms with Crippen LogP contribution in [-0.4, -0.2) is 12.0 Å². The number of rotatable bonds is 5. The lowest BCUT2D eigenvalue weighted by molar-refractivity contribution is -0.122. The van der Waals surface area contributed by atoms with Gasteiger partial charge in [0.25, 0.3) is 5.91 Å². The Morgan fingerprint density at radius 3 is 2.31 bits per heavy atom. The average Bonchev–Trinajstić information content (AvgIpc) is 2.66. The first-order chi connectivity index (χ1) is 12.5. The number of amides is 1. The number of carbonyl (C=O) groups is 1. The van der Waals surface area contributed by atoms with Gasteiger partial charge in [0.1, 0.15) is 5.75 Å². The van der Waals surface area contributed by atoms with Crippen molar-refractivity contribution in [3.05, 3.63) is 83.4 Å². The second kappa shape index (κ2) is 8.07. The van der Waals surface area contributed by atoms with E-state index in [0.717, 1.165) is 22.4 Å². The van der Waals surface area contributed by atoms with Crippen LogP contribution in [0.1, 0.15) is 12.5 Å². The average molecular weight is 366 g/mol. The van der Waals surface area contributed by atoms with Crippen molar-refractivity contribution in [2.45, 2.75) is 20.0 Å².